The minimum atomic E-state index is -0.507. The summed E-state index contributed by atoms with van der Waals surface area (Å²) in [5, 5.41) is 11.2. The fourth-order valence-corrected chi connectivity index (χ4v) is 3.27. The number of carbonyl (C=O) groups is 1. The van der Waals surface area contributed by atoms with E-state index in [0.717, 1.165) is 16.7 Å². The molecule has 0 unspecified atom stereocenters. The van der Waals surface area contributed by atoms with Crippen LogP contribution in [0.2, 0.25) is 0 Å². The molecule has 0 aliphatic heterocycles. The first-order chi connectivity index (χ1) is 13.2. The van der Waals surface area contributed by atoms with Crippen molar-refractivity contribution in [3.05, 3.63) is 83.8 Å². The van der Waals surface area contributed by atoms with E-state index in [4.69, 9.17) is 14.4 Å². The van der Waals surface area contributed by atoms with Gasteiger partial charge >= 0.3 is 5.97 Å². The number of aromatic nitrogens is 1. The lowest BCUT2D eigenvalue weighted by molar-refractivity contribution is 0.0729. The van der Waals surface area contributed by atoms with Gasteiger partial charge in [0, 0.05) is 10.9 Å². The van der Waals surface area contributed by atoms with Crippen LogP contribution in [0.3, 0.4) is 0 Å². The molecule has 0 aliphatic rings. The van der Waals surface area contributed by atoms with Crippen LogP contribution >= 0.6 is 11.3 Å². The number of furan rings is 1. The molecule has 0 spiro atoms. The van der Waals surface area contributed by atoms with Crippen LogP contribution < -0.4 is 4.74 Å². The minimum absolute atomic E-state index is 0.257. The lowest BCUT2D eigenvalue weighted by Gasteiger charge is -2.05. The second kappa shape index (κ2) is 7.28. The normalized spacial score (nSPS) is 10.3. The summed E-state index contributed by atoms with van der Waals surface area (Å²) in [5.74, 6) is -0.0672. The molecule has 4 aromatic rings. The lowest BCUT2D eigenvalue weighted by Crippen LogP contribution is -2.08. The zero-order valence-corrected chi connectivity index (χ0v) is 14.8. The van der Waals surface area contributed by atoms with Crippen molar-refractivity contribution < 1.29 is 13.9 Å². The second-order valence-corrected chi connectivity index (χ2v) is 6.51. The Morgan fingerprint density at radius 2 is 1.70 bits per heavy atom. The Kier molecular flexibility index (Phi) is 4.52. The Balaban J connectivity index is 1.46. The van der Waals surface area contributed by atoms with Gasteiger partial charge < -0.3 is 9.15 Å². The third-order valence-corrected chi connectivity index (χ3v) is 4.79. The van der Waals surface area contributed by atoms with Gasteiger partial charge in [0.15, 0.2) is 5.69 Å². The molecule has 0 radical (unpaired) electrons. The predicted molar refractivity (Wildman–Crippen MR) is 101 cm³/mol. The Morgan fingerprint density at radius 1 is 1.00 bits per heavy atom. The zero-order valence-electron chi connectivity index (χ0n) is 14.0. The number of esters is 1. The quantitative estimate of drug-likeness (QED) is 0.365. The maximum atomic E-state index is 12.3. The molecule has 0 aliphatic carbocycles. The van der Waals surface area contributed by atoms with Crippen molar-refractivity contribution in [1.82, 2.24) is 4.98 Å². The third kappa shape index (κ3) is 3.64. The van der Waals surface area contributed by atoms with E-state index in [1.165, 1.54) is 11.3 Å². The van der Waals surface area contributed by atoms with Gasteiger partial charge in [-0.3, -0.25) is 0 Å². The van der Waals surface area contributed by atoms with E-state index in [1.807, 2.05) is 24.3 Å². The average molecular weight is 372 g/mol. The maximum absolute atomic E-state index is 12.3. The summed E-state index contributed by atoms with van der Waals surface area (Å²) in [7, 11) is 0. The molecular formula is C21H12N2O3S. The van der Waals surface area contributed by atoms with Crippen LogP contribution in [-0.2, 0) is 0 Å². The van der Waals surface area contributed by atoms with E-state index in [-0.39, 0.29) is 5.69 Å². The molecule has 2 aromatic carbocycles. The highest BCUT2D eigenvalue weighted by Gasteiger charge is 2.14. The van der Waals surface area contributed by atoms with Crippen molar-refractivity contribution >= 4 is 17.3 Å². The molecule has 0 atom stereocenters. The van der Waals surface area contributed by atoms with E-state index in [1.54, 1.807) is 48.2 Å². The fourth-order valence-electron chi connectivity index (χ4n) is 2.50. The SMILES string of the molecule is N#Cc1ccc(-c2ccc(OC(=O)c3csc(-c4ccoc4)n3)cc2)cc1. The average Bonchev–Trinajstić information content (AvgIpc) is 3.40. The summed E-state index contributed by atoms with van der Waals surface area (Å²) in [5.41, 5.74) is 3.65. The fraction of sp³-hybridized carbons (Fsp3) is 0. The molecule has 0 amide bonds. The molecule has 0 N–H and O–H groups in total. The Labute approximate surface area is 159 Å². The standard InChI is InChI=1S/C21H12N2O3S/c22-11-14-1-3-15(4-2-14)16-5-7-18(8-6-16)26-21(24)19-13-27-20(23-19)17-9-10-25-12-17/h1-10,12-13H. The van der Waals surface area contributed by atoms with Gasteiger partial charge in [0.1, 0.15) is 17.0 Å². The van der Waals surface area contributed by atoms with Gasteiger partial charge in [0.2, 0.25) is 0 Å². The van der Waals surface area contributed by atoms with E-state index in [2.05, 4.69) is 11.1 Å². The largest absolute Gasteiger partial charge is 0.472 e. The Hall–Kier alpha value is -3.69. The van der Waals surface area contributed by atoms with Crippen LogP contribution in [0.4, 0.5) is 0 Å². The molecule has 6 heteroatoms. The number of ether oxygens (including phenoxy) is 1. The van der Waals surface area contributed by atoms with Gasteiger partial charge in [-0.1, -0.05) is 24.3 Å². The van der Waals surface area contributed by atoms with Crippen LogP contribution in [0, 0.1) is 11.3 Å². The Morgan fingerprint density at radius 3 is 2.33 bits per heavy atom. The zero-order chi connectivity index (χ0) is 18.6. The molecule has 0 fully saturated rings. The molecule has 4 rings (SSSR count). The summed E-state index contributed by atoms with van der Waals surface area (Å²) >= 11 is 1.35. The molecule has 5 nitrogen and oxygen atoms in total. The summed E-state index contributed by atoms with van der Waals surface area (Å²) in [6.45, 7) is 0. The lowest BCUT2D eigenvalue weighted by atomic mass is 10.0. The molecule has 0 bridgehead atoms. The van der Waals surface area contributed by atoms with Gasteiger partial charge in [-0.15, -0.1) is 11.3 Å². The van der Waals surface area contributed by atoms with Crippen molar-refractivity contribution in [2.75, 3.05) is 0 Å². The molecule has 27 heavy (non-hydrogen) atoms. The predicted octanol–water partition coefficient (Wildman–Crippen LogP) is 5.16. The first-order valence-corrected chi connectivity index (χ1v) is 8.92. The number of thiazole rings is 1. The van der Waals surface area contributed by atoms with Crippen molar-refractivity contribution in [2.45, 2.75) is 0 Å². The highest BCUT2D eigenvalue weighted by atomic mass is 32.1. The van der Waals surface area contributed by atoms with Crippen molar-refractivity contribution in [3.8, 4) is 33.5 Å². The number of hydrogen-bond donors (Lipinski definition) is 0. The van der Waals surface area contributed by atoms with Crippen molar-refractivity contribution in [2.24, 2.45) is 0 Å². The van der Waals surface area contributed by atoms with E-state index >= 15 is 0 Å². The molecule has 130 valence electrons. The van der Waals surface area contributed by atoms with Crippen LogP contribution in [0.15, 0.2) is 76.9 Å². The molecule has 2 aromatic heterocycles. The van der Waals surface area contributed by atoms with Crippen molar-refractivity contribution in [3.63, 3.8) is 0 Å². The van der Waals surface area contributed by atoms with E-state index < -0.39 is 5.97 Å². The second-order valence-electron chi connectivity index (χ2n) is 5.65. The highest BCUT2D eigenvalue weighted by molar-refractivity contribution is 7.13. The first-order valence-electron chi connectivity index (χ1n) is 8.04. The van der Waals surface area contributed by atoms with Gasteiger partial charge in [-0.25, -0.2) is 9.78 Å². The summed E-state index contributed by atoms with van der Waals surface area (Å²) in [6.07, 6.45) is 3.14. The number of nitriles is 1. The monoisotopic (exact) mass is 372 g/mol. The minimum Gasteiger partial charge on any atom is -0.472 e. The van der Waals surface area contributed by atoms with Crippen LogP contribution in [0.1, 0.15) is 16.1 Å². The molecule has 0 saturated heterocycles. The molecule has 2 heterocycles. The maximum Gasteiger partial charge on any atom is 0.363 e. The van der Waals surface area contributed by atoms with Crippen LogP contribution in [0.5, 0.6) is 5.75 Å². The number of carbonyl (C=O) groups excluding carboxylic acids is 1. The van der Waals surface area contributed by atoms with Gasteiger partial charge in [-0.2, -0.15) is 5.26 Å². The molecular weight excluding hydrogens is 360 g/mol. The van der Waals surface area contributed by atoms with Crippen LogP contribution in [-0.4, -0.2) is 11.0 Å². The molecule has 0 saturated carbocycles. The van der Waals surface area contributed by atoms with E-state index in [9.17, 15) is 4.79 Å². The first kappa shape index (κ1) is 16.8. The Bertz CT molecular complexity index is 1110. The summed E-state index contributed by atoms with van der Waals surface area (Å²) in [6, 6.07) is 18.4. The third-order valence-electron chi connectivity index (χ3n) is 3.89. The van der Waals surface area contributed by atoms with Gasteiger partial charge in [-0.05, 0) is 41.5 Å². The van der Waals surface area contributed by atoms with Gasteiger partial charge in [0.25, 0.3) is 0 Å². The topological polar surface area (TPSA) is 76.1 Å². The number of benzene rings is 2. The van der Waals surface area contributed by atoms with Crippen LogP contribution in [0.25, 0.3) is 21.7 Å². The van der Waals surface area contributed by atoms with Gasteiger partial charge in [0.05, 0.1) is 17.9 Å². The number of hydrogen-bond acceptors (Lipinski definition) is 6. The number of nitrogens with zero attached hydrogens (tertiary/aromatic N) is 2. The van der Waals surface area contributed by atoms with E-state index in [0.29, 0.717) is 16.3 Å². The highest BCUT2D eigenvalue weighted by Crippen LogP contribution is 2.26. The summed E-state index contributed by atoms with van der Waals surface area (Å²) in [4.78, 5) is 16.6. The number of rotatable bonds is 4. The summed E-state index contributed by atoms with van der Waals surface area (Å²) < 4.78 is 10.4. The smallest absolute Gasteiger partial charge is 0.363 e. The van der Waals surface area contributed by atoms with Crippen molar-refractivity contribution in [1.29, 1.82) is 5.26 Å².